The van der Waals surface area contributed by atoms with Crippen LogP contribution in [0.25, 0.3) is 22.3 Å². The number of hydrogen-bond acceptors (Lipinski definition) is 5. The summed E-state index contributed by atoms with van der Waals surface area (Å²) in [5.41, 5.74) is 0.891. The number of carbonyl (C=O) groups excluding carboxylic acids is 1. The standard InChI is InChI=1S/C27H31NO5/c1-17(2)13-19(14-24(32)28-11-7-4-8-12-28)25-20(29)15-21(30)26-22(31)16-23(33-27(25)26)18-9-5-3-6-10-18/h3,5-6,9-10,15-17,19,29-30H,4,7-8,11-14H2,1-2H3/t19-/m0/s1. The van der Waals surface area contributed by atoms with E-state index in [0.29, 0.717) is 17.7 Å². The number of aromatic hydroxyl groups is 2. The third-order valence-electron chi connectivity index (χ3n) is 6.35. The van der Waals surface area contributed by atoms with Crippen LogP contribution in [0.15, 0.2) is 51.7 Å². The molecule has 1 saturated heterocycles. The van der Waals surface area contributed by atoms with E-state index < -0.39 is 0 Å². The van der Waals surface area contributed by atoms with Gasteiger partial charge in [-0.2, -0.15) is 0 Å². The lowest BCUT2D eigenvalue weighted by atomic mass is 9.85. The van der Waals surface area contributed by atoms with Crippen molar-refractivity contribution in [2.45, 2.75) is 51.9 Å². The summed E-state index contributed by atoms with van der Waals surface area (Å²) in [6.45, 7) is 5.62. The van der Waals surface area contributed by atoms with Crippen LogP contribution in [0.5, 0.6) is 11.5 Å². The van der Waals surface area contributed by atoms with Gasteiger partial charge in [0.05, 0.1) is 0 Å². The molecule has 1 atom stereocenters. The van der Waals surface area contributed by atoms with Crippen LogP contribution in [-0.2, 0) is 4.79 Å². The minimum atomic E-state index is -0.389. The molecule has 2 aromatic carbocycles. The highest BCUT2D eigenvalue weighted by molar-refractivity contribution is 5.90. The number of nitrogens with zero attached hydrogens (tertiary/aromatic N) is 1. The van der Waals surface area contributed by atoms with Gasteiger partial charge in [-0.25, -0.2) is 0 Å². The molecule has 1 aliphatic heterocycles. The van der Waals surface area contributed by atoms with Gasteiger partial charge in [0.15, 0.2) is 5.43 Å². The molecule has 2 heterocycles. The Morgan fingerprint density at radius 2 is 1.73 bits per heavy atom. The van der Waals surface area contributed by atoms with Crippen LogP contribution in [-0.4, -0.2) is 34.1 Å². The number of phenolic OH excluding ortho intramolecular Hbond substituents is 2. The van der Waals surface area contributed by atoms with E-state index in [0.717, 1.165) is 37.9 Å². The summed E-state index contributed by atoms with van der Waals surface area (Å²) in [6.07, 6.45) is 3.99. The molecule has 6 heteroatoms. The first-order chi connectivity index (χ1) is 15.8. The molecule has 0 bridgehead atoms. The highest BCUT2D eigenvalue weighted by atomic mass is 16.3. The SMILES string of the molecule is CC(C)C[C@@H](CC(=O)N1CCCCC1)c1c(O)cc(O)c2c(=O)cc(-c3ccccc3)oc12. The highest BCUT2D eigenvalue weighted by Crippen LogP contribution is 2.42. The van der Waals surface area contributed by atoms with Crippen molar-refractivity contribution in [1.29, 1.82) is 0 Å². The van der Waals surface area contributed by atoms with Crippen LogP contribution < -0.4 is 5.43 Å². The van der Waals surface area contributed by atoms with Gasteiger partial charge in [-0.3, -0.25) is 9.59 Å². The van der Waals surface area contributed by atoms with E-state index >= 15 is 0 Å². The Morgan fingerprint density at radius 1 is 1.03 bits per heavy atom. The molecule has 3 aromatic rings. The van der Waals surface area contributed by atoms with Gasteiger partial charge in [0.2, 0.25) is 5.91 Å². The minimum Gasteiger partial charge on any atom is -0.507 e. The molecule has 1 amide bonds. The zero-order valence-corrected chi connectivity index (χ0v) is 19.2. The van der Waals surface area contributed by atoms with Gasteiger partial charge in [-0.05, 0) is 31.6 Å². The minimum absolute atomic E-state index is 0.0293. The van der Waals surface area contributed by atoms with Crippen molar-refractivity contribution in [1.82, 2.24) is 4.90 Å². The van der Waals surface area contributed by atoms with Crippen LogP contribution in [0.4, 0.5) is 0 Å². The molecule has 6 nitrogen and oxygen atoms in total. The Morgan fingerprint density at radius 3 is 2.39 bits per heavy atom. The van der Waals surface area contributed by atoms with Crippen molar-refractivity contribution in [3.63, 3.8) is 0 Å². The summed E-state index contributed by atoms with van der Waals surface area (Å²) in [6, 6.07) is 11.8. The number of benzene rings is 2. The smallest absolute Gasteiger partial charge is 0.223 e. The predicted molar refractivity (Wildman–Crippen MR) is 128 cm³/mol. The summed E-state index contributed by atoms with van der Waals surface area (Å²) < 4.78 is 6.17. The fourth-order valence-electron chi connectivity index (χ4n) is 4.82. The van der Waals surface area contributed by atoms with E-state index in [1.807, 2.05) is 35.2 Å². The highest BCUT2D eigenvalue weighted by Gasteiger charge is 2.29. The number of amides is 1. The molecule has 0 radical (unpaired) electrons. The summed E-state index contributed by atoms with van der Waals surface area (Å²) in [4.78, 5) is 28.0. The average Bonchev–Trinajstić information content (AvgIpc) is 2.79. The second-order valence-corrected chi connectivity index (χ2v) is 9.35. The summed E-state index contributed by atoms with van der Waals surface area (Å²) >= 11 is 0. The van der Waals surface area contributed by atoms with Crippen LogP contribution in [0, 0.1) is 5.92 Å². The van der Waals surface area contributed by atoms with Gasteiger partial charge in [-0.15, -0.1) is 0 Å². The van der Waals surface area contributed by atoms with Crippen LogP contribution in [0.1, 0.15) is 57.4 Å². The Balaban J connectivity index is 1.85. The maximum absolute atomic E-state index is 13.1. The molecule has 0 unspecified atom stereocenters. The molecule has 0 saturated carbocycles. The summed E-state index contributed by atoms with van der Waals surface area (Å²) in [7, 11) is 0. The lowest BCUT2D eigenvalue weighted by molar-refractivity contribution is -0.132. The third-order valence-corrected chi connectivity index (χ3v) is 6.35. The van der Waals surface area contributed by atoms with Gasteiger partial charge in [0.1, 0.15) is 28.2 Å². The number of phenols is 2. The second-order valence-electron chi connectivity index (χ2n) is 9.35. The number of piperidine rings is 1. The molecule has 33 heavy (non-hydrogen) atoms. The Kier molecular flexibility index (Phi) is 6.72. The molecule has 4 rings (SSSR count). The zero-order valence-electron chi connectivity index (χ0n) is 19.2. The molecule has 174 valence electrons. The van der Waals surface area contributed by atoms with E-state index in [-0.39, 0.29) is 52.1 Å². The lowest BCUT2D eigenvalue weighted by Gasteiger charge is -2.29. The first-order valence-electron chi connectivity index (χ1n) is 11.7. The van der Waals surface area contributed by atoms with E-state index in [1.54, 1.807) is 0 Å². The van der Waals surface area contributed by atoms with E-state index in [2.05, 4.69) is 13.8 Å². The van der Waals surface area contributed by atoms with Crippen molar-refractivity contribution in [3.8, 4) is 22.8 Å². The Bertz CT molecular complexity index is 1190. The number of hydrogen-bond donors (Lipinski definition) is 2. The Hall–Kier alpha value is -3.28. The first kappa shape index (κ1) is 22.9. The van der Waals surface area contributed by atoms with E-state index in [1.165, 1.54) is 12.1 Å². The number of carbonyl (C=O) groups is 1. The van der Waals surface area contributed by atoms with Crippen LogP contribution >= 0.6 is 0 Å². The van der Waals surface area contributed by atoms with Gasteiger partial charge in [0, 0.05) is 48.7 Å². The predicted octanol–water partition coefficient (Wildman–Crippen LogP) is 5.40. The normalized spacial score (nSPS) is 15.2. The molecular weight excluding hydrogens is 418 g/mol. The fourth-order valence-corrected chi connectivity index (χ4v) is 4.82. The Labute approximate surface area is 193 Å². The van der Waals surface area contributed by atoms with Gasteiger partial charge < -0.3 is 19.5 Å². The van der Waals surface area contributed by atoms with E-state index in [9.17, 15) is 19.8 Å². The largest absolute Gasteiger partial charge is 0.507 e. The molecule has 1 aromatic heterocycles. The topological polar surface area (TPSA) is 91.0 Å². The second kappa shape index (κ2) is 9.69. The maximum atomic E-state index is 13.1. The molecule has 1 fully saturated rings. The zero-order chi connectivity index (χ0) is 23.5. The molecule has 0 aliphatic carbocycles. The quantitative estimate of drug-likeness (QED) is 0.526. The maximum Gasteiger partial charge on any atom is 0.223 e. The molecule has 0 spiro atoms. The molecule has 2 N–H and O–H groups in total. The van der Waals surface area contributed by atoms with Crippen LogP contribution in [0.2, 0.25) is 0 Å². The van der Waals surface area contributed by atoms with Crippen molar-refractivity contribution in [2.24, 2.45) is 5.92 Å². The van der Waals surface area contributed by atoms with Gasteiger partial charge >= 0.3 is 0 Å². The summed E-state index contributed by atoms with van der Waals surface area (Å²) in [5, 5.41) is 21.4. The monoisotopic (exact) mass is 449 g/mol. The number of rotatable bonds is 6. The van der Waals surface area contributed by atoms with Gasteiger partial charge in [-0.1, -0.05) is 44.2 Å². The first-order valence-corrected chi connectivity index (χ1v) is 11.7. The van der Waals surface area contributed by atoms with Crippen molar-refractivity contribution in [2.75, 3.05) is 13.1 Å². The average molecular weight is 450 g/mol. The lowest BCUT2D eigenvalue weighted by Crippen LogP contribution is -2.36. The fraction of sp³-hybridized carbons (Fsp3) is 0.407. The summed E-state index contributed by atoms with van der Waals surface area (Å²) in [5.74, 6) is -0.198. The van der Waals surface area contributed by atoms with Crippen molar-refractivity contribution in [3.05, 3.63) is 58.3 Å². The van der Waals surface area contributed by atoms with Gasteiger partial charge in [0.25, 0.3) is 0 Å². The number of likely N-dealkylation sites (tertiary alicyclic amines) is 1. The third kappa shape index (κ3) is 4.90. The van der Waals surface area contributed by atoms with Crippen molar-refractivity contribution >= 4 is 16.9 Å². The van der Waals surface area contributed by atoms with E-state index in [4.69, 9.17) is 4.42 Å². The van der Waals surface area contributed by atoms with Crippen molar-refractivity contribution < 1.29 is 19.4 Å². The van der Waals surface area contributed by atoms with Crippen LogP contribution in [0.3, 0.4) is 0 Å². The molecular formula is C27H31NO5. The molecule has 1 aliphatic rings. The number of fused-ring (bicyclic) bond motifs is 1.